The van der Waals surface area contributed by atoms with Crippen LogP contribution in [0.25, 0.3) is 0 Å². The number of Topliss-reactive ketones (excluding diaryl/α,β-unsaturated/α-hetero) is 1. The van der Waals surface area contributed by atoms with Crippen LogP contribution in [-0.4, -0.2) is 5.78 Å². The number of hydrogen-bond acceptors (Lipinski definition) is 2. The molecule has 2 aromatic carbocycles. The standard InChI is InChI=1S/C15H12O2.CH4/c16-13-10-15(11-6-2-1-3-7-11)17-14-9-5-4-8-12(13)14;/h1-9,15H,10H2;1H4. The molecule has 0 aromatic heterocycles. The molecule has 92 valence electrons. The Morgan fingerprint density at radius 3 is 2.39 bits per heavy atom. The third-order valence-corrected chi connectivity index (χ3v) is 3.00. The Bertz CT molecular complexity index is 546. The molecule has 2 aromatic rings. The number of hydrogen-bond donors (Lipinski definition) is 0. The summed E-state index contributed by atoms with van der Waals surface area (Å²) in [6.45, 7) is 0. The van der Waals surface area contributed by atoms with Crippen molar-refractivity contribution in [3.05, 3.63) is 65.7 Å². The summed E-state index contributed by atoms with van der Waals surface area (Å²) in [5.41, 5.74) is 1.75. The Hall–Kier alpha value is -2.09. The van der Waals surface area contributed by atoms with Crippen LogP contribution in [0.15, 0.2) is 54.6 Å². The number of benzene rings is 2. The van der Waals surface area contributed by atoms with E-state index >= 15 is 0 Å². The molecule has 0 amide bonds. The average molecular weight is 240 g/mol. The highest BCUT2D eigenvalue weighted by Gasteiger charge is 2.26. The first-order valence-electron chi connectivity index (χ1n) is 5.68. The first kappa shape index (κ1) is 12.4. The van der Waals surface area contributed by atoms with Gasteiger partial charge in [-0.3, -0.25) is 4.79 Å². The van der Waals surface area contributed by atoms with E-state index in [0.29, 0.717) is 17.7 Å². The fourth-order valence-corrected chi connectivity index (χ4v) is 2.13. The SMILES string of the molecule is C.O=C1CC(c2ccccc2)Oc2ccccc21. The van der Waals surface area contributed by atoms with Gasteiger partial charge in [-0.05, 0) is 17.7 Å². The van der Waals surface area contributed by atoms with Crippen LogP contribution in [0, 0.1) is 0 Å². The lowest BCUT2D eigenvalue weighted by Crippen LogP contribution is -2.20. The van der Waals surface area contributed by atoms with Gasteiger partial charge in [0, 0.05) is 0 Å². The molecule has 2 heteroatoms. The second-order valence-corrected chi connectivity index (χ2v) is 4.14. The highest BCUT2D eigenvalue weighted by atomic mass is 16.5. The Balaban J connectivity index is 0.00000120. The fourth-order valence-electron chi connectivity index (χ4n) is 2.13. The van der Waals surface area contributed by atoms with Gasteiger partial charge in [-0.15, -0.1) is 0 Å². The minimum atomic E-state index is -0.154. The molecular weight excluding hydrogens is 224 g/mol. The molecule has 1 unspecified atom stereocenters. The molecule has 0 fully saturated rings. The third-order valence-electron chi connectivity index (χ3n) is 3.00. The molecule has 3 rings (SSSR count). The predicted octanol–water partition coefficient (Wildman–Crippen LogP) is 4.03. The summed E-state index contributed by atoms with van der Waals surface area (Å²) < 4.78 is 5.87. The lowest BCUT2D eigenvalue weighted by molar-refractivity contribution is 0.0850. The van der Waals surface area contributed by atoms with Crippen LogP contribution < -0.4 is 4.74 Å². The van der Waals surface area contributed by atoms with Crippen molar-refractivity contribution in [2.45, 2.75) is 20.0 Å². The van der Waals surface area contributed by atoms with Gasteiger partial charge in [0.15, 0.2) is 5.78 Å². The van der Waals surface area contributed by atoms with Crippen LogP contribution in [0.4, 0.5) is 0 Å². The normalized spacial score (nSPS) is 17.3. The first-order valence-corrected chi connectivity index (χ1v) is 5.68. The Kier molecular flexibility index (Phi) is 3.47. The van der Waals surface area contributed by atoms with Gasteiger partial charge < -0.3 is 4.74 Å². The highest BCUT2D eigenvalue weighted by Crippen LogP contribution is 2.34. The van der Waals surface area contributed by atoms with Gasteiger partial charge in [0.05, 0.1) is 12.0 Å². The van der Waals surface area contributed by atoms with E-state index in [4.69, 9.17) is 4.74 Å². The summed E-state index contributed by atoms with van der Waals surface area (Å²) in [6.07, 6.45) is 0.264. The molecule has 0 bridgehead atoms. The summed E-state index contributed by atoms with van der Waals surface area (Å²) >= 11 is 0. The molecule has 0 N–H and O–H groups in total. The molecule has 1 aliphatic rings. The van der Waals surface area contributed by atoms with Crippen LogP contribution in [0.2, 0.25) is 0 Å². The number of ether oxygens (including phenoxy) is 1. The van der Waals surface area contributed by atoms with E-state index in [1.54, 1.807) is 0 Å². The second-order valence-electron chi connectivity index (χ2n) is 4.14. The summed E-state index contributed by atoms with van der Waals surface area (Å²) in [5, 5.41) is 0. The number of carbonyl (C=O) groups excluding carboxylic acids is 1. The van der Waals surface area contributed by atoms with Crippen molar-refractivity contribution >= 4 is 5.78 Å². The van der Waals surface area contributed by atoms with E-state index in [2.05, 4.69) is 0 Å². The zero-order valence-corrected chi connectivity index (χ0v) is 9.30. The van der Waals surface area contributed by atoms with Gasteiger partial charge in [-0.2, -0.15) is 0 Å². The second kappa shape index (κ2) is 5.05. The highest BCUT2D eigenvalue weighted by molar-refractivity contribution is 5.99. The zero-order valence-electron chi connectivity index (χ0n) is 9.30. The summed E-state index contributed by atoms with van der Waals surface area (Å²) in [6, 6.07) is 17.3. The zero-order chi connectivity index (χ0) is 11.7. The van der Waals surface area contributed by atoms with Gasteiger partial charge in [0.2, 0.25) is 0 Å². The van der Waals surface area contributed by atoms with Gasteiger partial charge in [0.25, 0.3) is 0 Å². The number of ketones is 1. The minimum Gasteiger partial charge on any atom is -0.484 e. The molecule has 1 aliphatic heterocycles. The molecular formula is C16H16O2. The molecule has 1 heterocycles. The fraction of sp³-hybridized carbons (Fsp3) is 0.188. The monoisotopic (exact) mass is 240 g/mol. The lowest BCUT2D eigenvalue weighted by Gasteiger charge is -2.25. The van der Waals surface area contributed by atoms with E-state index in [1.165, 1.54) is 0 Å². The number of carbonyl (C=O) groups is 1. The summed E-state index contributed by atoms with van der Waals surface area (Å²) in [4.78, 5) is 12.0. The van der Waals surface area contributed by atoms with Crippen LogP contribution in [0.1, 0.15) is 35.9 Å². The van der Waals surface area contributed by atoms with Crippen LogP contribution in [0.5, 0.6) is 5.75 Å². The molecule has 0 saturated carbocycles. The Labute approximate surface area is 107 Å². The van der Waals surface area contributed by atoms with E-state index in [-0.39, 0.29) is 19.3 Å². The molecule has 0 spiro atoms. The molecule has 18 heavy (non-hydrogen) atoms. The van der Waals surface area contributed by atoms with Crippen molar-refractivity contribution in [1.82, 2.24) is 0 Å². The van der Waals surface area contributed by atoms with E-state index in [9.17, 15) is 4.79 Å². The third kappa shape index (κ3) is 2.14. The van der Waals surface area contributed by atoms with Crippen molar-refractivity contribution in [3.63, 3.8) is 0 Å². The largest absolute Gasteiger partial charge is 0.484 e. The quantitative estimate of drug-likeness (QED) is 0.752. The van der Waals surface area contributed by atoms with Gasteiger partial charge in [0.1, 0.15) is 11.9 Å². The summed E-state index contributed by atoms with van der Waals surface area (Å²) in [7, 11) is 0. The van der Waals surface area contributed by atoms with Gasteiger partial charge >= 0.3 is 0 Å². The lowest BCUT2D eigenvalue weighted by atomic mass is 9.96. The van der Waals surface area contributed by atoms with E-state index in [1.807, 2.05) is 54.6 Å². The maximum atomic E-state index is 12.0. The molecule has 0 saturated heterocycles. The van der Waals surface area contributed by atoms with Gasteiger partial charge in [-0.1, -0.05) is 49.9 Å². The molecule has 0 radical (unpaired) electrons. The maximum Gasteiger partial charge on any atom is 0.170 e. The molecule has 1 atom stereocenters. The van der Waals surface area contributed by atoms with Crippen molar-refractivity contribution in [2.24, 2.45) is 0 Å². The van der Waals surface area contributed by atoms with Crippen LogP contribution >= 0.6 is 0 Å². The first-order chi connectivity index (χ1) is 8.34. The number of para-hydroxylation sites is 1. The Morgan fingerprint density at radius 2 is 1.61 bits per heavy atom. The number of rotatable bonds is 1. The van der Waals surface area contributed by atoms with Crippen LogP contribution in [-0.2, 0) is 0 Å². The van der Waals surface area contributed by atoms with Crippen molar-refractivity contribution < 1.29 is 9.53 Å². The topological polar surface area (TPSA) is 26.3 Å². The average Bonchev–Trinajstić information content (AvgIpc) is 2.40. The van der Waals surface area contributed by atoms with E-state index in [0.717, 1.165) is 5.56 Å². The van der Waals surface area contributed by atoms with Crippen molar-refractivity contribution in [1.29, 1.82) is 0 Å². The van der Waals surface area contributed by atoms with Crippen molar-refractivity contribution in [3.8, 4) is 5.75 Å². The molecule has 2 nitrogen and oxygen atoms in total. The van der Waals surface area contributed by atoms with Gasteiger partial charge in [-0.25, -0.2) is 0 Å². The minimum absolute atomic E-state index is 0. The smallest absolute Gasteiger partial charge is 0.170 e. The Morgan fingerprint density at radius 1 is 0.944 bits per heavy atom. The predicted molar refractivity (Wildman–Crippen MR) is 71.9 cm³/mol. The van der Waals surface area contributed by atoms with Crippen molar-refractivity contribution in [2.75, 3.05) is 0 Å². The number of fused-ring (bicyclic) bond motifs is 1. The van der Waals surface area contributed by atoms with E-state index < -0.39 is 0 Å². The maximum absolute atomic E-state index is 12.0. The summed E-state index contributed by atoms with van der Waals surface area (Å²) in [5.74, 6) is 0.846. The molecule has 0 aliphatic carbocycles. The van der Waals surface area contributed by atoms with Crippen LogP contribution in [0.3, 0.4) is 0 Å².